The summed E-state index contributed by atoms with van der Waals surface area (Å²) in [6.07, 6.45) is -1.53. The molecule has 2 aromatic carbocycles. The minimum absolute atomic E-state index is 0.0703. The number of carbonyl (C=O) groups excluding carboxylic acids is 3. The van der Waals surface area contributed by atoms with Crippen molar-refractivity contribution in [3.8, 4) is 11.5 Å². The van der Waals surface area contributed by atoms with E-state index in [2.05, 4.69) is 27.8 Å². The minimum atomic E-state index is -4.58. The molecule has 0 unspecified atom stereocenters. The van der Waals surface area contributed by atoms with E-state index in [9.17, 15) is 27.6 Å². The van der Waals surface area contributed by atoms with Crippen molar-refractivity contribution in [3.05, 3.63) is 69.6 Å². The molecule has 3 amide bonds. The summed E-state index contributed by atoms with van der Waals surface area (Å²) >= 11 is 4.05. The minimum Gasteiger partial charge on any atom is -0.490 e. The number of hydrogen-bond donors (Lipinski definition) is 1. The number of thioether (sulfide) groups is 1. The maximum absolute atomic E-state index is 12.9. The van der Waals surface area contributed by atoms with Crippen molar-refractivity contribution in [2.24, 2.45) is 0 Å². The number of nitrogens with zero attached hydrogens (tertiary/aromatic N) is 1. The van der Waals surface area contributed by atoms with Gasteiger partial charge in [-0.1, -0.05) is 18.7 Å². The molecule has 3 rings (SSSR count). The quantitative estimate of drug-likeness (QED) is 0.283. The highest BCUT2D eigenvalue weighted by Gasteiger charge is 2.36. The summed E-state index contributed by atoms with van der Waals surface area (Å²) in [7, 11) is 0. The molecule has 1 aliphatic heterocycles. The molecule has 0 saturated carbocycles. The normalized spacial score (nSPS) is 14.8. The first kappa shape index (κ1) is 27.3. The van der Waals surface area contributed by atoms with Gasteiger partial charge in [0.2, 0.25) is 5.91 Å². The van der Waals surface area contributed by atoms with E-state index in [0.717, 1.165) is 23.1 Å². The van der Waals surface area contributed by atoms with Crippen LogP contribution in [-0.2, 0) is 15.8 Å². The zero-order valence-corrected chi connectivity index (χ0v) is 21.3. The fourth-order valence-corrected chi connectivity index (χ4v) is 4.53. The Hall–Kier alpha value is -3.25. The van der Waals surface area contributed by atoms with E-state index in [1.54, 1.807) is 25.1 Å². The molecule has 12 heteroatoms. The molecule has 1 heterocycles. The van der Waals surface area contributed by atoms with Gasteiger partial charge in [-0.3, -0.25) is 19.3 Å². The van der Waals surface area contributed by atoms with Crippen LogP contribution in [0, 0.1) is 0 Å². The second-order valence-electron chi connectivity index (χ2n) is 7.26. The van der Waals surface area contributed by atoms with Crippen molar-refractivity contribution in [1.82, 2.24) is 4.90 Å². The van der Waals surface area contributed by atoms with Crippen LogP contribution < -0.4 is 14.8 Å². The highest BCUT2D eigenvalue weighted by molar-refractivity contribution is 9.10. The number of carbonyl (C=O) groups is 3. The Morgan fingerprint density at radius 3 is 2.64 bits per heavy atom. The number of anilines is 1. The maximum atomic E-state index is 12.9. The molecule has 0 aliphatic carbocycles. The summed E-state index contributed by atoms with van der Waals surface area (Å²) < 4.78 is 50.4. The first-order valence-electron chi connectivity index (χ1n) is 10.5. The van der Waals surface area contributed by atoms with E-state index in [1.165, 1.54) is 12.1 Å². The molecule has 36 heavy (non-hydrogen) atoms. The molecule has 1 N–H and O–H groups in total. The molecule has 190 valence electrons. The first-order chi connectivity index (χ1) is 17.0. The fraction of sp³-hybridized carbons (Fsp3) is 0.208. The third-order valence-corrected chi connectivity index (χ3v) is 6.12. The first-order valence-corrected chi connectivity index (χ1v) is 12.1. The Bertz CT molecular complexity index is 1230. The number of hydrogen-bond acceptors (Lipinski definition) is 6. The number of imide groups is 1. The van der Waals surface area contributed by atoms with Gasteiger partial charge in [0.15, 0.2) is 11.5 Å². The third-order valence-electron chi connectivity index (χ3n) is 4.62. The zero-order valence-electron chi connectivity index (χ0n) is 18.9. The number of amides is 3. The molecular weight excluding hydrogens is 565 g/mol. The third kappa shape index (κ3) is 6.70. The molecule has 7 nitrogen and oxygen atoms in total. The second-order valence-corrected chi connectivity index (χ2v) is 9.10. The fourth-order valence-electron chi connectivity index (χ4n) is 3.12. The predicted molar refractivity (Wildman–Crippen MR) is 134 cm³/mol. The highest BCUT2D eigenvalue weighted by atomic mass is 79.9. The van der Waals surface area contributed by atoms with E-state index in [0.29, 0.717) is 39.9 Å². The molecule has 1 aliphatic rings. The summed E-state index contributed by atoms with van der Waals surface area (Å²) in [5.41, 5.74) is -0.507. The van der Waals surface area contributed by atoms with E-state index < -0.39 is 35.3 Å². The van der Waals surface area contributed by atoms with E-state index >= 15 is 0 Å². The Morgan fingerprint density at radius 1 is 1.22 bits per heavy atom. The average Bonchev–Trinajstić information content (AvgIpc) is 3.05. The lowest BCUT2D eigenvalue weighted by molar-refractivity contribution is -0.137. The number of halogens is 4. The van der Waals surface area contributed by atoms with Crippen molar-refractivity contribution in [2.45, 2.75) is 13.1 Å². The van der Waals surface area contributed by atoms with Crippen molar-refractivity contribution in [2.75, 3.05) is 25.1 Å². The summed E-state index contributed by atoms with van der Waals surface area (Å²) in [6.45, 7) is 5.36. The largest absolute Gasteiger partial charge is 0.490 e. The van der Waals surface area contributed by atoms with Crippen LogP contribution in [0.3, 0.4) is 0 Å². The highest BCUT2D eigenvalue weighted by Crippen LogP contribution is 2.39. The number of nitrogens with one attached hydrogen (secondary N) is 1. The average molecular weight is 585 g/mol. The van der Waals surface area contributed by atoms with Gasteiger partial charge in [-0.2, -0.15) is 13.2 Å². The lowest BCUT2D eigenvalue weighted by Crippen LogP contribution is -2.36. The second kappa shape index (κ2) is 11.7. The Labute approximate surface area is 217 Å². The van der Waals surface area contributed by atoms with Crippen LogP contribution in [-0.4, -0.2) is 41.7 Å². The lowest BCUT2D eigenvalue weighted by atomic mass is 10.1. The molecule has 1 saturated heterocycles. The monoisotopic (exact) mass is 584 g/mol. The topological polar surface area (TPSA) is 84.9 Å². The Morgan fingerprint density at radius 2 is 1.97 bits per heavy atom. The zero-order chi connectivity index (χ0) is 26.5. The van der Waals surface area contributed by atoms with E-state index in [-0.39, 0.29) is 17.2 Å². The van der Waals surface area contributed by atoms with Crippen molar-refractivity contribution >= 4 is 56.5 Å². The molecule has 0 atom stereocenters. The van der Waals surface area contributed by atoms with Gasteiger partial charge in [0, 0.05) is 5.69 Å². The van der Waals surface area contributed by atoms with Crippen molar-refractivity contribution in [3.63, 3.8) is 0 Å². The van der Waals surface area contributed by atoms with Crippen molar-refractivity contribution in [1.29, 1.82) is 0 Å². The number of alkyl halides is 3. The summed E-state index contributed by atoms with van der Waals surface area (Å²) in [5.74, 6) is -0.652. The van der Waals surface area contributed by atoms with Gasteiger partial charge in [-0.15, -0.1) is 0 Å². The smallest absolute Gasteiger partial charge is 0.416 e. The van der Waals surface area contributed by atoms with Crippen molar-refractivity contribution < 1.29 is 37.0 Å². The number of ether oxygens (including phenoxy) is 2. The van der Waals surface area contributed by atoms with Gasteiger partial charge < -0.3 is 14.8 Å². The number of rotatable bonds is 9. The molecule has 2 aromatic rings. The molecule has 0 aromatic heterocycles. The molecular formula is C24H20BrF3N2O5S. The summed E-state index contributed by atoms with van der Waals surface area (Å²) in [4.78, 5) is 38.4. The Balaban J connectivity index is 1.75. The molecule has 0 radical (unpaired) electrons. The van der Waals surface area contributed by atoms with E-state index in [1.807, 2.05) is 0 Å². The van der Waals surface area contributed by atoms with Crippen LogP contribution in [0.1, 0.15) is 18.1 Å². The van der Waals surface area contributed by atoms with Gasteiger partial charge in [0.05, 0.1) is 21.5 Å². The van der Waals surface area contributed by atoms with Gasteiger partial charge >= 0.3 is 6.18 Å². The lowest BCUT2D eigenvalue weighted by Gasteiger charge is -2.14. The van der Waals surface area contributed by atoms with Gasteiger partial charge in [-0.05, 0) is 76.6 Å². The predicted octanol–water partition coefficient (Wildman–Crippen LogP) is 6.11. The maximum Gasteiger partial charge on any atom is 0.416 e. The van der Waals surface area contributed by atoms with Gasteiger partial charge in [0.25, 0.3) is 11.1 Å². The molecule has 0 bridgehead atoms. The summed E-state index contributed by atoms with van der Waals surface area (Å²) in [6, 6.07) is 7.36. The van der Waals surface area contributed by atoms with E-state index in [4.69, 9.17) is 9.47 Å². The van der Waals surface area contributed by atoms with Gasteiger partial charge in [0.1, 0.15) is 13.2 Å². The SMILES string of the molecule is C=CCOc1c(Br)cc(/C=C2\SC(=O)N(CC(=O)Nc3cccc(C(F)(F)F)c3)C2=O)cc1OCC. The summed E-state index contributed by atoms with van der Waals surface area (Å²) in [5, 5.41) is 1.60. The van der Waals surface area contributed by atoms with Crippen LogP contribution in [0.4, 0.5) is 23.7 Å². The van der Waals surface area contributed by atoms with Crippen LogP contribution in [0.25, 0.3) is 6.08 Å². The number of benzene rings is 2. The van der Waals surface area contributed by atoms with Gasteiger partial charge in [-0.25, -0.2) is 0 Å². The van der Waals surface area contributed by atoms with Crippen LogP contribution in [0.2, 0.25) is 0 Å². The molecule has 1 fully saturated rings. The Kier molecular flexibility index (Phi) is 8.85. The van der Waals surface area contributed by atoms with Crippen LogP contribution in [0.5, 0.6) is 11.5 Å². The van der Waals surface area contributed by atoms with Crippen LogP contribution in [0.15, 0.2) is 58.4 Å². The van der Waals surface area contributed by atoms with Crippen LogP contribution >= 0.6 is 27.7 Å². The standard InChI is InChI=1S/C24H20BrF3N2O5S/c1-3-8-35-21-17(25)9-14(10-18(21)34-4-2)11-19-22(32)30(23(33)36-19)13-20(31)29-16-7-5-6-15(12-16)24(26,27)28/h3,5-7,9-12H,1,4,8,13H2,2H3,(H,29,31)/b19-11-. The molecule has 0 spiro atoms.